The van der Waals surface area contributed by atoms with Gasteiger partial charge in [0.15, 0.2) is 0 Å². The molecular weight excluding hydrogens is 246 g/mol. The maximum atomic E-state index is 13.1. The van der Waals surface area contributed by atoms with Crippen LogP contribution in [0.1, 0.15) is 5.56 Å². The molecule has 1 heterocycles. The van der Waals surface area contributed by atoms with Crippen molar-refractivity contribution in [2.24, 2.45) is 0 Å². The number of benzene rings is 1. The summed E-state index contributed by atoms with van der Waals surface area (Å²) in [6, 6.07) is 1.35. The van der Waals surface area contributed by atoms with Gasteiger partial charge in [0.05, 0.1) is 11.3 Å². The van der Waals surface area contributed by atoms with Gasteiger partial charge >= 0.3 is 6.18 Å². The van der Waals surface area contributed by atoms with Gasteiger partial charge in [-0.15, -0.1) is 0 Å². The lowest BCUT2D eigenvalue weighted by atomic mass is 10.1. The molecule has 1 aromatic carbocycles. The third-order valence-corrected chi connectivity index (χ3v) is 2.23. The van der Waals surface area contributed by atoms with Crippen molar-refractivity contribution in [3.8, 4) is 5.75 Å². The zero-order valence-corrected chi connectivity index (χ0v) is 8.51. The fourth-order valence-corrected chi connectivity index (χ4v) is 1.49. The van der Waals surface area contributed by atoms with E-state index in [-0.39, 0.29) is 23.0 Å². The number of rotatable bonds is 0. The van der Waals surface area contributed by atoms with Crippen molar-refractivity contribution in [1.29, 1.82) is 0 Å². The molecule has 0 saturated heterocycles. The molecule has 0 unspecified atom stereocenters. The molecule has 0 radical (unpaired) electrons. The number of anilines is 1. The summed E-state index contributed by atoms with van der Waals surface area (Å²) >= 11 is 4.74. The average molecular weight is 251 g/mol. The third kappa shape index (κ3) is 1.95. The van der Waals surface area contributed by atoms with E-state index in [0.29, 0.717) is 12.1 Å². The summed E-state index contributed by atoms with van der Waals surface area (Å²) in [4.78, 5) is 0.257. The Morgan fingerprint density at radius 3 is 2.62 bits per heavy atom. The number of thiocarbonyl (C=S) groups is 1. The lowest BCUT2D eigenvalue weighted by Gasteiger charge is -2.21. The predicted molar refractivity (Wildman–Crippen MR) is 53.1 cm³/mol. The van der Waals surface area contributed by atoms with Gasteiger partial charge in [-0.3, -0.25) is 0 Å². The van der Waals surface area contributed by atoms with E-state index >= 15 is 0 Å². The lowest BCUT2D eigenvalue weighted by molar-refractivity contribution is -0.139. The Kier molecular flexibility index (Phi) is 2.49. The molecular formula is C9H5F4NOS. The molecule has 7 heteroatoms. The molecule has 0 aliphatic carbocycles. The fourth-order valence-electron chi connectivity index (χ4n) is 1.32. The van der Waals surface area contributed by atoms with Crippen molar-refractivity contribution >= 4 is 22.9 Å². The van der Waals surface area contributed by atoms with Crippen LogP contribution in [0.3, 0.4) is 0 Å². The standard InChI is InChI=1S/C9H5F4NOS/c10-5-2-7-6(14-8(16)3-15-7)1-4(5)9(11,12)13/h1-2H,3H2,(H,14,16). The van der Waals surface area contributed by atoms with Gasteiger partial charge in [0.1, 0.15) is 23.2 Å². The first-order chi connectivity index (χ1) is 7.38. The lowest BCUT2D eigenvalue weighted by Crippen LogP contribution is -2.24. The third-order valence-electron chi connectivity index (χ3n) is 2.01. The molecule has 0 atom stereocenters. The number of halogens is 4. The Morgan fingerprint density at radius 1 is 1.31 bits per heavy atom. The maximum absolute atomic E-state index is 13.1. The first-order valence-electron chi connectivity index (χ1n) is 4.21. The van der Waals surface area contributed by atoms with Gasteiger partial charge in [0.25, 0.3) is 0 Å². The molecule has 86 valence electrons. The molecule has 0 aromatic heterocycles. The van der Waals surface area contributed by atoms with Gasteiger partial charge in [0, 0.05) is 6.07 Å². The Morgan fingerprint density at radius 2 is 2.00 bits per heavy atom. The SMILES string of the molecule is Fc1cc2c(cc1C(F)(F)F)NC(=S)CO2. The second-order valence-corrected chi connectivity index (χ2v) is 3.66. The van der Waals surface area contributed by atoms with Crippen LogP contribution < -0.4 is 10.1 Å². The Labute approximate surface area is 93.2 Å². The summed E-state index contributed by atoms with van der Waals surface area (Å²) in [5.74, 6) is -1.33. The van der Waals surface area contributed by atoms with Crippen LogP contribution in [0.5, 0.6) is 5.75 Å². The summed E-state index contributed by atoms with van der Waals surface area (Å²) in [5, 5.41) is 2.54. The van der Waals surface area contributed by atoms with E-state index in [4.69, 9.17) is 17.0 Å². The van der Waals surface area contributed by atoms with Crippen LogP contribution in [0.2, 0.25) is 0 Å². The number of alkyl halides is 3. The molecule has 1 aliphatic rings. The largest absolute Gasteiger partial charge is 0.484 e. The van der Waals surface area contributed by atoms with Gasteiger partial charge in [-0.1, -0.05) is 12.2 Å². The van der Waals surface area contributed by atoms with Crippen LogP contribution >= 0.6 is 12.2 Å². The normalized spacial score (nSPS) is 15.1. The molecule has 1 aromatic rings. The zero-order chi connectivity index (χ0) is 11.9. The van der Waals surface area contributed by atoms with Crippen molar-refractivity contribution < 1.29 is 22.3 Å². The summed E-state index contributed by atoms with van der Waals surface area (Å²) in [7, 11) is 0. The number of fused-ring (bicyclic) bond motifs is 1. The van der Waals surface area contributed by atoms with Crippen LogP contribution in [0.25, 0.3) is 0 Å². The molecule has 0 saturated carbocycles. The van der Waals surface area contributed by atoms with Gasteiger partial charge in [-0.05, 0) is 6.07 Å². The number of hydrogen-bond donors (Lipinski definition) is 1. The van der Waals surface area contributed by atoms with E-state index < -0.39 is 17.6 Å². The average Bonchev–Trinajstić information content (AvgIpc) is 2.16. The summed E-state index contributed by atoms with van der Waals surface area (Å²) in [5.41, 5.74) is -1.31. The molecule has 2 rings (SSSR count). The second-order valence-electron chi connectivity index (χ2n) is 3.16. The molecule has 0 fully saturated rings. The highest BCUT2D eigenvalue weighted by atomic mass is 32.1. The van der Waals surface area contributed by atoms with E-state index in [1.54, 1.807) is 0 Å². The van der Waals surface area contributed by atoms with Gasteiger partial charge in [0.2, 0.25) is 0 Å². The van der Waals surface area contributed by atoms with Crippen LogP contribution in [-0.2, 0) is 6.18 Å². The minimum atomic E-state index is -4.74. The van der Waals surface area contributed by atoms with Crippen molar-refractivity contribution in [3.05, 3.63) is 23.5 Å². The van der Waals surface area contributed by atoms with Crippen LogP contribution in [0.15, 0.2) is 12.1 Å². The summed E-state index contributed by atoms with van der Waals surface area (Å²) < 4.78 is 55.2. The van der Waals surface area contributed by atoms with Crippen molar-refractivity contribution in [2.75, 3.05) is 11.9 Å². The number of hydrogen-bond acceptors (Lipinski definition) is 2. The zero-order valence-electron chi connectivity index (χ0n) is 7.69. The fraction of sp³-hybridized carbons (Fsp3) is 0.222. The summed E-state index contributed by atoms with van der Waals surface area (Å²) in [6.45, 7) is 0.0349. The second kappa shape index (κ2) is 3.58. The van der Waals surface area contributed by atoms with Gasteiger partial charge < -0.3 is 10.1 Å². The Bertz CT molecular complexity index is 458. The van der Waals surface area contributed by atoms with Crippen LogP contribution in [-0.4, -0.2) is 11.6 Å². The number of ether oxygens (including phenoxy) is 1. The quantitative estimate of drug-likeness (QED) is 0.565. The molecule has 0 bridgehead atoms. The van der Waals surface area contributed by atoms with E-state index in [0.717, 1.165) is 0 Å². The van der Waals surface area contributed by atoms with Gasteiger partial charge in [-0.2, -0.15) is 13.2 Å². The van der Waals surface area contributed by atoms with Crippen molar-refractivity contribution in [3.63, 3.8) is 0 Å². The molecule has 1 N–H and O–H groups in total. The summed E-state index contributed by atoms with van der Waals surface area (Å²) in [6.07, 6.45) is -4.74. The van der Waals surface area contributed by atoms with Crippen molar-refractivity contribution in [1.82, 2.24) is 0 Å². The van der Waals surface area contributed by atoms with E-state index in [1.807, 2.05) is 0 Å². The Balaban J connectivity index is 2.51. The highest BCUT2D eigenvalue weighted by Crippen LogP contribution is 2.38. The number of nitrogens with one attached hydrogen (secondary N) is 1. The molecule has 0 amide bonds. The maximum Gasteiger partial charge on any atom is 0.419 e. The highest BCUT2D eigenvalue weighted by Gasteiger charge is 2.35. The van der Waals surface area contributed by atoms with E-state index in [1.165, 1.54) is 0 Å². The minimum absolute atomic E-state index is 0.0269. The van der Waals surface area contributed by atoms with Crippen LogP contribution in [0, 0.1) is 5.82 Å². The molecule has 1 aliphatic heterocycles. The Hall–Kier alpha value is -1.37. The molecule has 2 nitrogen and oxygen atoms in total. The highest BCUT2D eigenvalue weighted by molar-refractivity contribution is 7.80. The topological polar surface area (TPSA) is 21.3 Å². The molecule has 16 heavy (non-hydrogen) atoms. The van der Waals surface area contributed by atoms with Gasteiger partial charge in [-0.25, -0.2) is 4.39 Å². The first kappa shape index (κ1) is 11.1. The predicted octanol–water partition coefficient (Wildman–Crippen LogP) is 2.98. The van der Waals surface area contributed by atoms with E-state index in [2.05, 4.69) is 5.32 Å². The van der Waals surface area contributed by atoms with Crippen molar-refractivity contribution in [2.45, 2.75) is 6.18 Å². The monoisotopic (exact) mass is 251 g/mol. The van der Waals surface area contributed by atoms with E-state index in [9.17, 15) is 17.6 Å². The minimum Gasteiger partial charge on any atom is -0.484 e. The smallest absolute Gasteiger partial charge is 0.419 e. The molecule has 0 spiro atoms. The first-order valence-corrected chi connectivity index (χ1v) is 4.62. The van der Waals surface area contributed by atoms with Crippen LogP contribution in [0.4, 0.5) is 23.2 Å².